The molecule has 0 aliphatic heterocycles. The predicted molar refractivity (Wildman–Crippen MR) is 85.0 cm³/mol. The zero-order chi connectivity index (χ0) is 14.7. The van der Waals surface area contributed by atoms with Crippen LogP contribution >= 0.6 is 0 Å². The van der Waals surface area contributed by atoms with Crippen molar-refractivity contribution in [2.24, 2.45) is 0 Å². The molecule has 2 aromatic carbocycles. The van der Waals surface area contributed by atoms with E-state index in [0.717, 1.165) is 28.9 Å². The van der Waals surface area contributed by atoms with Crippen LogP contribution < -0.4 is 10.1 Å². The highest BCUT2D eigenvalue weighted by Gasteiger charge is 2.11. The lowest BCUT2D eigenvalue weighted by molar-refractivity contribution is 0.456. The Morgan fingerprint density at radius 2 is 1.86 bits per heavy atom. The van der Waals surface area contributed by atoms with Crippen molar-refractivity contribution < 1.29 is 4.74 Å². The first-order valence-electron chi connectivity index (χ1n) is 7.00. The average Bonchev–Trinajstić information content (AvgIpc) is 2.54. The van der Waals surface area contributed by atoms with Gasteiger partial charge in [-0.15, -0.1) is 0 Å². The van der Waals surface area contributed by atoms with Gasteiger partial charge in [0.2, 0.25) is 5.88 Å². The van der Waals surface area contributed by atoms with Gasteiger partial charge >= 0.3 is 0 Å². The average molecular weight is 279 g/mol. The van der Waals surface area contributed by atoms with E-state index in [2.05, 4.69) is 40.4 Å². The van der Waals surface area contributed by atoms with Gasteiger partial charge in [-0.2, -0.15) is 0 Å². The summed E-state index contributed by atoms with van der Waals surface area (Å²) in [7, 11) is 1.85. The Morgan fingerprint density at radius 1 is 1.05 bits per heavy atom. The van der Waals surface area contributed by atoms with Crippen molar-refractivity contribution in [3.05, 3.63) is 54.4 Å². The molecule has 3 rings (SSSR count). The number of aromatic nitrogens is 2. The van der Waals surface area contributed by atoms with Gasteiger partial charge in [-0.25, -0.2) is 9.97 Å². The van der Waals surface area contributed by atoms with Crippen LogP contribution in [-0.4, -0.2) is 17.0 Å². The molecule has 0 amide bonds. The first kappa shape index (κ1) is 13.4. The molecular formula is C17H17N3O. The maximum atomic E-state index is 5.96. The molecule has 0 spiro atoms. The van der Waals surface area contributed by atoms with E-state index < -0.39 is 0 Å². The van der Waals surface area contributed by atoms with E-state index >= 15 is 0 Å². The van der Waals surface area contributed by atoms with Crippen LogP contribution in [0.2, 0.25) is 0 Å². The van der Waals surface area contributed by atoms with Crippen molar-refractivity contribution in [1.29, 1.82) is 0 Å². The smallest absolute Gasteiger partial charge is 0.227 e. The molecule has 106 valence electrons. The number of rotatable bonds is 4. The van der Waals surface area contributed by atoms with Crippen molar-refractivity contribution in [1.82, 2.24) is 9.97 Å². The normalized spacial score (nSPS) is 10.6. The number of nitrogens with one attached hydrogen (secondary N) is 1. The Balaban J connectivity index is 1.98. The Bertz CT molecular complexity index is 771. The maximum Gasteiger partial charge on any atom is 0.227 e. The summed E-state index contributed by atoms with van der Waals surface area (Å²) in [6.07, 6.45) is 2.32. The van der Waals surface area contributed by atoms with E-state index in [9.17, 15) is 0 Å². The lowest BCUT2D eigenvalue weighted by atomic mass is 10.1. The van der Waals surface area contributed by atoms with E-state index in [-0.39, 0.29) is 0 Å². The van der Waals surface area contributed by atoms with E-state index in [1.165, 1.54) is 11.7 Å². The summed E-state index contributed by atoms with van der Waals surface area (Å²) in [5, 5.41) is 5.41. The van der Waals surface area contributed by atoms with Crippen molar-refractivity contribution >= 4 is 16.6 Å². The molecule has 0 aliphatic carbocycles. The number of anilines is 1. The molecule has 1 heterocycles. The van der Waals surface area contributed by atoms with Crippen LogP contribution in [0, 0.1) is 0 Å². The minimum atomic E-state index is 0.604. The van der Waals surface area contributed by atoms with E-state index in [4.69, 9.17) is 4.74 Å². The number of hydrogen-bond donors (Lipinski definition) is 1. The van der Waals surface area contributed by atoms with Gasteiger partial charge in [0.15, 0.2) is 0 Å². The number of fused-ring (bicyclic) bond motifs is 1. The monoisotopic (exact) mass is 279 g/mol. The lowest BCUT2D eigenvalue weighted by Gasteiger charge is -2.12. The summed E-state index contributed by atoms with van der Waals surface area (Å²) >= 11 is 0. The second-order valence-electron chi connectivity index (χ2n) is 4.72. The van der Waals surface area contributed by atoms with Gasteiger partial charge in [-0.1, -0.05) is 37.3 Å². The summed E-state index contributed by atoms with van der Waals surface area (Å²) < 4.78 is 5.96. The van der Waals surface area contributed by atoms with Crippen LogP contribution in [0.3, 0.4) is 0 Å². The third-order valence-electron chi connectivity index (χ3n) is 3.43. The number of benzene rings is 2. The highest BCUT2D eigenvalue weighted by Crippen LogP contribution is 2.29. The Morgan fingerprint density at radius 3 is 2.62 bits per heavy atom. The van der Waals surface area contributed by atoms with Crippen LogP contribution in [0.15, 0.2) is 48.8 Å². The Labute approximate surface area is 123 Å². The summed E-state index contributed by atoms with van der Waals surface area (Å²) in [5.41, 5.74) is 0.980. The molecule has 4 heteroatoms. The van der Waals surface area contributed by atoms with Crippen LogP contribution in [0.25, 0.3) is 10.8 Å². The SMILES string of the molecule is CCc1c(NC)ncnc1Oc1ccc2ccccc2c1. The van der Waals surface area contributed by atoms with E-state index in [1.807, 2.05) is 31.3 Å². The molecular weight excluding hydrogens is 262 g/mol. The van der Waals surface area contributed by atoms with E-state index in [1.54, 1.807) is 0 Å². The molecule has 21 heavy (non-hydrogen) atoms. The number of nitrogens with zero attached hydrogens (tertiary/aromatic N) is 2. The maximum absolute atomic E-state index is 5.96. The zero-order valence-electron chi connectivity index (χ0n) is 12.1. The molecule has 1 aromatic heterocycles. The van der Waals surface area contributed by atoms with Gasteiger partial charge < -0.3 is 10.1 Å². The van der Waals surface area contributed by atoms with Gasteiger partial charge in [0.25, 0.3) is 0 Å². The lowest BCUT2D eigenvalue weighted by Crippen LogP contribution is -2.02. The first-order valence-corrected chi connectivity index (χ1v) is 7.00. The molecule has 0 bridgehead atoms. The summed E-state index contributed by atoms with van der Waals surface area (Å²) in [6.45, 7) is 2.06. The highest BCUT2D eigenvalue weighted by atomic mass is 16.5. The summed E-state index contributed by atoms with van der Waals surface area (Å²) in [4.78, 5) is 8.48. The minimum Gasteiger partial charge on any atom is -0.439 e. The Hall–Kier alpha value is -2.62. The third kappa shape index (κ3) is 2.65. The van der Waals surface area contributed by atoms with Gasteiger partial charge in [0.1, 0.15) is 17.9 Å². The van der Waals surface area contributed by atoms with Gasteiger partial charge in [0.05, 0.1) is 5.56 Å². The van der Waals surface area contributed by atoms with Crippen LogP contribution in [0.4, 0.5) is 5.82 Å². The van der Waals surface area contributed by atoms with Gasteiger partial charge in [0, 0.05) is 7.05 Å². The van der Waals surface area contributed by atoms with Crippen LogP contribution in [0.5, 0.6) is 11.6 Å². The minimum absolute atomic E-state index is 0.604. The second-order valence-corrected chi connectivity index (χ2v) is 4.72. The number of hydrogen-bond acceptors (Lipinski definition) is 4. The summed E-state index contributed by atoms with van der Waals surface area (Å²) in [6, 6.07) is 14.2. The molecule has 0 saturated carbocycles. The van der Waals surface area contributed by atoms with E-state index in [0.29, 0.717) is 5.88 Å². The number of ether oxygens (including phenoxy) is 1. The largest absolute Gasteiger partial charge is 0.439 e. The fourth-order valence-corrected chi connectivity index (χ4v) is 2.36. The standard InChI is InChI=1S/C17H17N3O/c1-3-15-16(18-2)19-11-20-17(15)21-14-9-8-12-6-4-5-7-13(12)10-14/h4-11H,3H2,1-2H3,(H,18,19,20). The fraction of sp³-hybridized carbons (Fsp3) is 0.176. The molecule has 0 radical (unpaired) electrons. The van der Waals surface area contributed by atoms with Crippen molar-refractivity contribution in [3.8, 4) is 11.6 Å². The zero-order valence-corrected chi connectivity index (χ0v) is 12.1. The van der Waals surface area contributed by atoms with Crippen molar-refractivity contribution in [2.75, 3.05) is 12.4 Å². The van der Waals surface area contributed by atoms with Gasteiger partial charge in [-0.05, 0) is 29.3 Å². The molecule has 0 aliphatic rings. The Kier molecular flexibility index (Phi) is 3.69. The molecule has 0 saturated heterocycles. The molecule has 4 nitrogen and oxygen atoms in total. The molecule has 0 unspecified atom stereocenters. The molecule has 0 fully saturated rings. The fourth-order valence-electron chi connectivity index (χ4n) is 2.36. The molecule has 1 N–H and O–H groups in total. The topological polar surface area (TPSA) is 47.0 Å². The van der Waals surface area contributed by atoms with Gasteiger partial charge in [-0.3, -0.25) is 0 Å². The third-order valence-corrected chi connectivity index (χ3v) is 3.43. The predicted octanol–water partition coefficient (Wildman–Crippen LogP) is 4.03. The molecule has 0 atom stereocenters. The van der Waals surface area contributed by atoms with Crippen molar-refractivity contribution in [2.45, 2.75) is 13.3 Å². The quantitative estimate of drug-likeness (QED) is 0.783. The summed E-state index contributed by atoms with van der Waals surface area (Å²) in [5.74, 6) is 2.19. The van der Waals surface area contributed by atoms with Crippen molar-refractivity contribution in [3.63, 3.8) is 0 Å². The molecule has 3 aromatic rings. The first-order chi connectivity index (χ1) is 10.3. The highest BCUT2D eigenvalue weighted by molar-refractivity contribution is 5.83. The van der Waals surface area contributed by atoms with Crippen LogP contribution in [-0.2, 0) is 6.42 Å². The second kappa shape index (κ2) is 5.79. The van der Waals surface area contributed by atoms with Crippen LogP contribution in [0.1, 0.15) is 12.5 Å².